The molecule has 28 heavy (non-hydrogen) atoms. The summed E-state index contributed by atoms with van der Waals surface area (Å²) in [5.74, 6) is -0.315. The maximum absolute atomic E-state index is 11.6. The van der Waals surface area contributed by atoms with Gasteiger partial charge in [0.15, 0.2) is 11.5 Å². The second-order valence-electron chi connectivity index (χ2n) is 5.80. The summed E-state index contributed by atoms with van der Waals surface area (Å²) in [6.45, 7) is -2.25. The number of benzene rings is 1. The van der Waals surface area contributed by atoms with E-state index in [2.05, 4.69) is 0 Å². The topological polar surface area (TPSA) is 166 Å². The number of aliphatic hydroxyl groups is 6. The summed E-state index contributed by atoms with van der Waals surface area (Å²) in [5, 5.41) is 54.3. The van der Waals surface area contributed by atoms with E-state index in [1.165, 1.54) is 18.2 Å². The summed E-state index contributed by atoms with van der Waals surface area (Å²) in [5.41, 5.74) is 0.517. The number of esters is 1. The Bertz CT molecular complexity index is 618. The van der Waals surface area contributed by atoms with Gasteiger partial charge in [-0.05, 0) is 23.8 Å². The van der Waals surface area contributed by atoms with Crippen molar-refractivity contribution in [3.05, 3.63) is 29.8 Å². The molecule has 0 saturated carbocycles. The zero-order valence-electron chi connectivity index (χ0n) is 15.2. The van der Waals surface area contributed by atoms with Gasteiger partial charge in [0.2, 0.25) is 0 Å². The molecule has 0 bridgehead atoms. The molecule has 6 N–H and O–H groups in total. The van der Waals surface area contributed by atoms with Crippen LogP contribution in [0, 0.1) is 0 Å². The Morgan fingerprint density at radius 1 is 0.857 bits per heavy atom. The molecule has 0 aliphatic rings. The zero-order valence-corrected chi connectivity index (χ0v) is 15.2. The second-order valence-corrected chi connectivity index (χ2v) is 5.80. The lowest BCUT2D eigenvalue weighted by Gasteiger charge is -2.16. The molecule has 0 saturated heterocycles. The number of ether oxygens (including phenoxy) is 3. The van der Waals surface area contributed by atoms with E-state index in [9.17, 15) is 15.0 Å². The third-order valence-corrected chi connectivity index (χ3v) is 3.29. The predicted molar refractivity (Wildman–Crippen MR) is 96.7 cm³/mol. The molecule has 10 nitrogen and oxygen atoms in total. The van der Waals surface area contributed by atoms with Crippen molar-refractivity contribution in [2.45, 2.75) is 18.3 Å². The zero-order chi connectivity index (χ0) is 20.9. The molecule has 158 valence electrons. The van der Waals surface area contributed by atoms with Gasteiger partial charge in [0.1, 0.15) is 38.1 Å². The SMILES string of the molecule is O=C(C=Cc1ccc(OCC(O)CO)c(OCC(O)CO)c1)OCC(O)CO. The molecule has 0 heterocycles. The number of carbonyl (C=O) groups excluding carboxylic acids is 1. The highest BCUT2D eigenvalue weighted by Gasteiger charge is 2.12. The van der Waals surface area contributed by atoms with E-state index in [0.717, 1.165) is 6.08 Å². The quantitative estimate of drug-likeness (QED) is 0.161. The van der Waals surface area contributed by atoms with Crippen molar-refractivity contribution < 1.29 is 49.6 Å². The largest absolute Gasteiger partial charge is 0.487 e. The molecule has 0 aromatic heterocycles. The van der Waals surface area contributed by atoms with E-state index in [1.54, 1.807) is 6.07 Å². The van der Waals surface area contributed by atoms with Crippen molar-refractivity contribution in [1.29, 1.82) is 0 Å². The minimum Gasteiger partial charge on any atom is -0.487 e. The number of carbonyl (C=O) groups is 1. The first-order valence-corrected chi connectivity index (χ1v) is 8.50. The van der Waals surface area contributed by atoms with Crippen LogP contribution in [-0.2, 0) is 9.53 Å². The summed E-state index contributed by atoms with van der Waals surface area (Å²) in [6.07, 6.45) is -0.819. The van der Waals surface area contributed by atoms with Gasteiger partial charge in [-0.1, -0.05) is 6.07 Å². The molecule has 0 spiro atoms. The van der Waals surface area contributed by atoms with Crippen molar-refractivity contribution in [2.75, 3.05) is 39.6 Å². The molecule has 0 aliphatic heterocycles. The first-order chi connectivity index (χ1) is 13.4. The van der Waals surface area contributed by atoms with E-state index < -0.39 is 44.1 Å². The number of hydrogen-bond donors (Lipinski definition) is 6. The monoisotopic (exact) mass is 402 g/mol. The molecular formula is C18H26O10. The van der Waals surface area contributed by atoms with Crippen LogP contribution in [-0.4, -0.2) is 94.6 Å². The van der Waals surface area contributed by atoms with Crippen LogP contribution in [0.1, 0.15) is 5.56 Å². The average Bonchev–Trinajstić information content (AvgIpc) is 2.72. The van der Waals surface area contributed by atoms with Crippen LogP contribution < -0.4 is 9.47 Å². The molecule has 0 radical (unpaired) electrons. The molecular weight excluding hydrogens is 376 g/mol. The molecule has 1 rings (SSSR count). The van der Waals surface area contributed by atoms with Crippen LogP contribution in [0.5, 0.6) is 11.5 Å². The summed E-state index contributed by atoms with van der Waals surface area (Å²) in [6, 6.07) is 4.59. The Hall–Kier alpha value is -2.21. The normalized spacial score (nSPS) is 14.5. The third kappa shape index (κ3) is 9.13. The Morgan fingerprint density at radius 3 is 1.96 bits per heavy atom. The Labute approximate surface area is 161 Å². The van der Waals surface area contributed by atoms with E-state index >= 15 is 0 Å². The molecule has 1 aromatic rings. The van der Waals surface area contributed by atoms with Gasteiger partial charge in [-0.25, -0.2) is 4.79 Å². The Morgan fingerprint density at radius 2 is 1.39 bits per heavy atom. The fraction of sp³-hybridized carbons (Fsp3) is 0.500. The van der Waals surface area contributed by atoms with Crippen molar-refractivity contribution in [1.82, 2.24) is 0 Å². The van der Waals surface area contributed by atoms with Gasteiger partial charge in [0, 0.05) is 6.08 Å². The van der Waals surface area contributed by atoms with Crippen molar-refractivity contribution in [3.63, 3.8) is 0 Å². The maximum Gasteiger partial charge on any atom is 0.330 e. The molecule has 0 fully saturated rings. The van der Waals surface area contributed by atoms with Gasteiger partial charge in [0.25, 0.3) is 0 Å². The smallest absolute Gasteiger partial charge is 0.330 e. The van der Waals surface area contributed by atoms with E-state index in [4.69, 9.17) is 34.6 Å². The molecule has 3 atom stereocenters. The first-order valence-electron chi connectivity index (χ1n) is 8.50. The summed E-state index contributed by atoms with van der Waals surface area (Å²) >= 11 is 0. The van der Waals surface area contributed by atoms with Gasteiger partial charge in [-0.3, -0.25) is 0 Å². The molecule has 1 aromatic carbocycles. The highest BCUT2D eigenvalue weighted by atomic mass is 16.5. The minimum absolute atomic E-state index is 0.184. The lowest BCUT2D eigenvalue weighted by molar-refractivity contribution is -0.141. The average molecular weight is 402 g/mol. The van der Waals surface area contributed by atoms with Gasteiger partial charge >= 0.3 is 5.97 Å². The van der Waals surface area contributed by atoms with Crippen LogP contribution in [0.2, 0.25) is 0 Å². The fourth-order valence-electron chi connectivity index (χ4n) is 1.78. The summed E-state index contributed by atoms with van der Waals surface area (Å²) in [7, 11) is 0. The van der Waals surface area contributed by atoms with Crippen molar-refractivity contribution in [2.24, 2.45) is 0 Å². The first kappa shape index (κ1) is 23.8. The van der Waals surface area contributed by atoms with Gasteiger partial charge in [-0.2, -0.15) is 0 Å². The third-order valence-electron chi connectivity index (χ3n) is 3.29. The Balaban J connectivity index is 2.83. The minimum atomic E-state index is -1.15. The molecule has 0 aliphatic carbocycles. The standard InChI is InChI=1S/C18H26O10/c19-6-13(22)9-26-16-3-1-12(5-17(16)27-10-14(23)7-20)2-4-18(25)28-11-15(24)8-21/h1-5,13-15,19-24H,6-11H2. The van der Waals surface area contributed by atoms with Crippen LogP contribution >= 0.6 is 0 Å². The van der Waals surface area contributed by atoms with Crippen LogP contribution in [0.15, 0.2) is 24.3 Å². The molecule has 10 heteroatoms. The second kappa shape index (κ2) is 13.0. The van der Waals surface area contributed by atoms with E-state index in [-0.39, 0.29) is 31.3 Å². The summed E-state index contributed by atoms with van der Waals surface area (Å²) in [4.78, 5) is 11.6. The van der Waals surface area contributed by atoms with Crippen LogP contribution in [0.4, 0.5) is 0 Å². The Kier molecular flexibility index (Phi) is 11.1. The molecule has 3 unspecified atom stereocenters. The van der Waals surface area contributed by atoms with Crippen LogP contribution in [0.3, 0.4) is 0 Å². The number of rotatable bonds is 13. The van der Waals surface area contributed by atoms with E-state index in [1.807, 2.05) is 0 Å². The van der Waals surface area contributed by atoms with E-state index in [0.29, 0.717) is 5.56 Å². The van der Waals surface area contributed by atoms with Crippen molar-refractivity contribution >= 4 is 12.0 Å². The number of hydrogen-bond acceptors (Lipinski definition) is 10. The lowest BCUT2D eigenvalue weighted by atomic mass is 10.2. The van der Waals surface area contributed by atoms with Gasteiger partial charge in [0.05, 0.1) is 19.8 Å². The maximum atomic E-state index is 11.6. The lowest BCUT2D eigenvalue weighted by Crippen LogP contribution is -2.23. The number of aliphatic hydroxyl groups excluding tert-OH is 6. The predicted octanol–water partition coefficient (Wildman–Crippen LogP) is -1.94. The highest BCUT2D eigenvalue weighted by molar-refractivity contribution is 5.87. The fourth-order valence-corrected chi connectivity index (χ4v) is 1.78. The highest BCUT2D eigenvalue weighted by Crippen LogP contribution is 2.29. The van der Waals surface area contributed by atoms with Crippen LogP contribution in [0.25, 0.3) is 6.08 Å². The molecule has 0 amide bonds. The summed E-state index contributed by atoms with van der Waals surface area (Å²) < 4.78 is 15.5. The van der Waals surface area contributed by atoms with Crippen molar-refractivity contribution in [3.8, 4) is 11.5 Å². The van der Waals surface area contributed by atoms with Gasteiger partial charge < -0.3 is 44.8 Å². The van der Waals surface area contributed by atoms with Gasteiger partial charge in [-0.15, -0.1) is 0 Å².